The van der Waals surface area contributed by atoms with Crippen molar-refractivity contribution in [1.29, 1.82) is 0 Å². The first-order valence-corrected chi connectivity index (χ1v) is 5.10. The van der Waals surface area contributed by atoms with Gasteiger partial charge in [-0.05, 0) is 0 Å². The van der Waals surface area contributed by atoms with Gasteiger partial charge in [0.1, 0.15) is 12.5 Å². The van der Waals surface area contributed by atoms with Crippen LogP contribution in [0.25, 0.3) is 0 Å². The maximum atomic E-state index is 10.5. The van der Waals surface area contributed by atoms with Crippen LogP contribution in [0.2, 0.25) is 0 Å². The number of carboxylic acid groups (broad SMARTS) is 1. The van der Waals surface area contributed by atoms with E-state index in [1.165, 1.54) is 12.8 Å². The smallest absolute Gasteiger partial charge is 0.430 e. The molecule has 0 amide bonds. The van der Waals surface area contributed by atoms with E-state index < -0.39 is 12.1 Å². The largest absolute Gasteiger partial charge is 0.542 e. The Morgan fingerprint density at radius 2 is 1.71 bits per heavy atom. The maximum Gasteiger partial charge on any atom is 0.430 e. The zero-order valence-corrected chi connectivity index (χ0v) is 9.41. The molecule has 0 unspecified atom stereocenters. The van der Waals surface area contributed by atoms with Crippen LogP contribution in [-0.2, 0) is 11.3 Å². The van der Waals surface area contributed by atoms with Gasteiger partial charge in [0.2, 0.25) is 0 Å². The molecule has 0 spiro atoms. The van der Waals surface area contributed by atoms with Crippen molar-refractivity contribution in [2.45, 2.75) is 32.5 Å². The molecular formula is C11H14F3NO2. The van der Waals surface area contributed by atoms with Gasteiger partial charge in [-0.1, -0.05) is 19.4 Å². The third-order valence-electron chi connectivity index (χ3n) is 1.78. The van der Waals surface area contributed by atoms with Gasteiger partial charge >= 0.3 is 6.18 Å². The quantitative estimate of drug-likeness (QED) is 0.752. The van der Waals surface area contributed by atoms with Gasteiger partial charge in [-0.25, -0.2) is 4.57 Å². The molecule has 96 valence electrons. The molecule has 6 heteroatoms. The Kier molecular flexibility index (Phi) is 6.93. The third-order valence-corrected chi connectivity index (χ3v) is 1.78. The highest BCUT2D eigenvalue weighted by atomic mass is 19.4. The monoisotopic (exact) mass is 249 g/mol. The molecule has 1 aromatic heterocycles. The summed E-state index contributed by atoms with van der Waals surface area (Å²) >= 11 is 0. The highest BCUT2D eigenvalue weighted by molar-refractivity contribution is 5.70. The lowest BCUT2D eigenvalue weighted by Crippen LogP contribution is -2.37. The number of nitrogens with zero attached hydrogens (tertiary/aromatic N) is 1. The normalized spacial score (nSPS) is 10.4. The van der Waals surface area contributed by atoms with Crippen LogP contribution in [0.15, 0.2) is 30.6 Å². The highest BCUT2D eigenvalue weighted by Crippen LogP contribution is 2.11. The van der Waals surface area contributed by atoms with Crippen molar-refractivity contribution >= 4 is 5.97 Å². The molecule has 0 radical (unpaired) electrons. The van der Waals surface area contributed by atoms with Crippen LogP contribution in [-0.4, -0.2) is 12.1 Å². The van der Waals surface area contributed by atoms with Crippen molar-refractivity contribution in [3.63, 3.8) is 0 Å². The van der Waals surface area contributed by atoms with Crippen molar-refractivity contribution in [3.8, 4) is 0 Å². The zero-order chi connectivity index (χ0) is 13.3. The van der Waals surface area contributed by atoms with E-state index in [0.717, 1.165) is 6.54 Å². The number of unbranched alkanes of at least 4 members (excludes halogenated alkanes) is 1. The molecule has 1 aromatic rings. The van der Waals surface area contributed by atoms with E-state index >= 15 is 0 Å². The first-order valence-electron chi connectivity index (χ1n) is 5.10. The molecule has 0 bridgehead atoms. The van der Waals surface area contributed by atoms with Crippen molar-refractivity contribution in [1.82, 2.24) is 0 Å². The fourth-order valence-electron chi connectivity index (χ4n) is 0.924. The molecule has 0 aromatic carbocycles. The second kappa shape index (κ2) is 7.65. The first kappa shape index (κ1) is 15.4. The molecule has 17 heavy (non-hydrogen) atoms. The van der Waals surface area contributed by atoms with Crippen molar-refractivity contribution < 1.29 is 27.6 Å². The molecule has 3 nitrogen and oxygen atoms in total. The van der Waals surface area contributed by atoms with Gasteiger partial charge in [-0.3, -0.25) is 0 Å². The fraction of sp³-hybridized carbons (Fsp3) is 0.455. The second-order valence-electron chi connectivity index (χ2n) is 3.25. The Bertz CT molecular complexity index is 325. The summed E-state index contributed by atoms with van der Waals surface area (Å²) in [6, 6.07) is 6.17. The Hall–Kier alpha value is -1.59. The van der Waals surface area contributed by atoms with Crippen molar-refractivity contribution in [2.75, 3.05) is 0 Å². The fourth-order valence-corrected chi connectivity index (χ4v) is 0.924. The summed E-state index contributed by atoms with van der Waals surface area (Å²) in [4.78, 5) is 8.78. The molecule has 0 saturated carbocycles. The number of aromatic nitrogens is 1. The van der Waals surface area contributed by atoms with Crippen LogP contribution >= 0.6 is 0 Å². The Balaban J connectivity index is 0.000000325. The minimum absolute atomic E-state index is 1.15. The number of aliphatic carboxylic acids is 1. The molecule has 1 heterocycles. The summed E-state index contributed by atoms with van der Waals surface area (Å²) in [6.45, 7) is 3.36. The lowest BCUT2D eigenvalue weighted by molar-refractivity contribution is -0.697. The van der Waals surface area contributed by atoms with E-state index in [2.05, 4.69) is 36.0 Å². The molecule has 1 rings (SSSR count). The number of aryl methyl sites for hydroxylation is 1. The molecule has 0 N–H and O–H groups in total. The number of pyridine rings is 1. The Morgan fingerprint density at radius 1 is 1.24 bits per heavy atom. The van der Waals surface area contributed by atoms with Crippen LogP contribution in [0, 0.1) is 0 Å². The summed E-state index contributed by atoms with van der Waals surface area (Å²) in [6.07, 6.45) is 1.56. The Labute approximate surface area is 97.5 Å². The van der Waals surface area contributed by atoms with E-state index in [-0.39, 0.29) is 0 Å². The number of carbonyl (C=O) groups is 1. The molecule has 0 fully saturated rings. The highest BCUT2D eigenvalue weighted by Gasteiger charge is 2.28. The Morgan fingerprint density at radius 3 is 2.06 bits per heavy atom. The molecule has 0 saturated heterocycles. The van der Waals surface area contributed by atoms with Gasteiger partial charge in [-0.2, -0.15) is 13.2 Å². The van der Waals surface area contributed by atoms with E-state index in [9.17, 15) is 13.2 Å². The van der Waals surface area contributed by atoms with Gasteiger partial charge in [0.25, 0.3) is 0 Å². The summed E-state index contributed by atoms with van der Waals surface area (Å²) in [5, 5.41) is 8.78. The lowest BCUT2D eigenvalue weighted by Gasteiger charge is -2.03. The van der Waals surface area contributed by atoms with Crippen LogP contribution in [0.3, 0.4) is 0 Å². The first-order chi connectivity index (χ1) is 7.88. The molecule has 0 atom stereocenters. The van der Waals surface area contributed by atoms with Gasteiger partial charge in [0, 0.05) is 18.6 Å². The van der Waals surface area contributed by atoms with E-state index in [4.69, 9.17) is 9.90 Å². The number of hydrogen-bond acceptors (Lipinski definition) is 2. The predicted molar refractivity (Wildman–Crippen MR) is 52.6 cm³/mol. The standard InChI is InChI=1S/C9H14N.C2HF3O2/c1-2-3-7-10-8-5-4-6-9-10;3-2(4,5)1(6)7/h4-6,8-9H,2-3,7H2,1H3;(H,6,7)/q+1;/p-1. The number of hydrogen-bond donors (Lipinski definition) is 0. The third kappa shape index (κ3) is 8.24. The number of carbonyl (C=O) groups excluding carboxylic acids is 1. The number of halogens is 3. The number of rotatable bonds is 3. The molecular weight excluding hydrogens is 235 g/mol. The maximum absolute atomic E-state index is 10.5. The molecule has 0 aliphatic rings. The SMILES string of the molecule is CCCC[n+]1ccccc1.O=C([O-])C(F)(F)F. The van der Waals surface area contributed by atoms with Crippen LogP contribution < -0.4 is 9.67 Å². The average Bonchev–Trinajstić information content (AvgIpc) is 2.27. The average molecular weight is 249 g/mol. The summed E-state index contributed by atoms with van der Waals surface area (Å²) in [5.74, 6) is -3.01. The van der Waals surface area contributed by atoms with E-state index in [1.807, 2.05) is 6.07 Å². The summed E-state index contributed by atoms with van der Waals surface area (Å²) in [5.41, 5.74) is 0. The van der Waals surface area contributed by atoms with Gasteiger partial charge in [0.05, 0.1) is 0 Å². The van der Waals surface area contributed by atoms with Crippen LogP contribution in [0.1, 0.15) is 19.8 Å². The van der Waals surface area contributed by atoms with E-state index in [1.54, 1.807) is 0 Å². The van der Waals surface area contributed by atoms with Gasteiger partial charge in [0.15, 0.2) is 12.4 Å². The lowest BCUT2D eigenvalue weighted by atomic mass is 10.3. The topological polar surface area (TPSA) is 44.0 Å². The van der Waals surface area contributed by atoms with Crippen molar-refractivity contribution in [2.24, 2.45) is 0 Å². The predicted octanol–water partition coefficient (Wildman–Crippen LogP) is 1.07. The minimum atomic E-state index is -5.19. The van der Waals surface area contributed by atoms with Gasteiger partial charge < -0.3 is 9.90 Å². The molecule has 0 aliphatic heterocycles. The van der Waals surface area contributed by atoms with Gasteiger partial charge in [-0.15, -0.1) is 0 Å². The van der Waals surface area contributed by atoms with Crippen LogP contribution in [0.4, 0.5) is 13.2 Å². The summed E-state index contributed by atoms with van der Waals surface area (Å²) in [7, 11) is 0. The van der Waals surface area contributed by atoms with Crippen molar-refractivity contribution in [3.05, 3.63) is 30.6 Å². The number of carboxylic acids is 1. The molecule has 0 aliphatic carbocycles. The number of alkyl halides is 3. The zero-order valence-electron chi connectivity index (χ0n) is 9.41. The second-order valence-corrected chi connectivity index (χ2v) is 3.25. The van der Waals surface area contributed by atoms with Crippen LogP contribution in [0.5, 0.6) is 0 Å². The minimum Gasteiger partial charge on any atom is -0.542 e. The van der Waals surface area contributed by atoms with E-state index in [0.29, 0.717) is 0 Å². The summed E-state index contributed by atoms with van der Waals surface area (Å²) < 4.78 is 33.8.